The van der Waals surface area contributed by atoms with E-state index in [1.807, 2.05) is 36.4 Å². The van der Waals surface area contributed by atoms with Crippen molar-refractivity contribution >= 4 is 11.9 Å². The summed E-state index contributed by atoms with van der Waals surface area (Å²) in [5.41, 5.74) is 7.29. The predicted molar refractivity (Wildman–Crippen MR) is 65.1 cm³/mol. The molecule has 0 unspecified atom stereocenters. The highest BCUT2D eigenvalue weighted by atomic mass is 16.5. The Kier molecular flexibility index (Phi) is 5.24. The first kappa shape index (κ1) is 14.4. The lowest BCUT2D eigenvalue weighted by Gasteiger charge is -1.91. The van der Waals surface area contributed by atoms with Crippen LogP contribution in [0.3, 0.4) is 0 Å². The van der Waals surface area contributed by atoms with Gasteiger partial charge >= 0.3 is 11.9 Å². The molecule has 0 atom stereocenters. The fraction of sp³-hybridized carbons (Fsp3) is 0.0833. The molecule has 19 heavy (non-hydrogen) atoms. The standard InChI is InChI=1S/C10H10N2O.C2H2O4/c11-7-9-6-10(12-13-9)8-4-2-1-3-5-8;3-1(4)2(5)6/h1-6H,7,11H2;(H,3,4)(H,5,6). The molecule has 0 saturated heterocycles. The second-order valence-electron chi connectivity index (χ2n) is 3.36. The van der Waals surface area contributed by atoms with Crippen molar-refractivity contribution in [3.8, 4) is 11.3 Å². The van der Waals surface area contributed by atoms with Gasteiger partial charge in [0.05, 0.1) is 6.54 Å². The smallest absolute Gasteiger partial charge is 0.414 e. The van der Waals surface area contributed by atoms with E-state index >= 15 is 0 Å². The summed E-state index contributed by atoms with van der Waals surface area (Å²) in [6.45, 7) is 0.389. The molecule has 0 bridgehead atoms. The van der Waals surface area contributed by atoms with Gasteiger partial charge in [-0.05, 0) is 0 Å². The minimum atomic E-state index is -1.82. The van der Waals surface area contributed by atoms with E-state index in [0.717, 1.165) is 11.3 Å². The molecular weight excluding hydrogens is 252 g/mol. The van der Waals surface area contributed by atoms with E-state index in [2.05, 4.69) is 5.16 Å². The van der Waals surface area contributed by atoms with Gasteiger partial charge in [0.2, 0.25) is 0 Å². The van der Waals surface area contributed by atoms with Gasteiger partial charge in [-0.25, -0.2) is 9.59 Å². The van der Waals surface area contributed by atoms with Gasteiger partial charge in [0.1, 0.15) is 5.69 Å². The number of hydrogen-bond donors (Lipinski definition) is 3. The lowest BCUT2D eigenvalue weighted by molar-refractivity contribution is -0.159. The molecule has 7 heteroatoms. The number of nitrogens with zero attached hydrogens (tertiary/aromatic N) is 1. The van der Waals surface area contributed by atoms with Gasteiger partial charge in [0.25, 0.3) is 0 Å². The largest absolute Gasteiger partial charge is 0.473 e. The van der Waals surface area contributed by atoms with Crippen LogP contribution >= 0.6 is 0 Å². The van der Waals surface area contributed by atoms with E-state index in [1.54, 1.807) is 0 Å². The maximum Gasteiger partial charge on any atom is 0.414 e. The van der Waals surface area contributed by atoms with Crippen molar-refractivity contribution in [3.63, 3.8) is 0 Å². The summed E-state index contributed by atoms with van der Waals surface area (Å²) in [7, 11) is 0. The van der Waals surface area contributed by atoms with Crippen LogP contribution in [0.2, 0.25) is 0 Å². The van der Waals surface area contributed by atoms with Gasteiger partial charge in [0, 0.05) is 11.6 Å². The highest BCUT2D eigenvalue weighted by Gasteiger charge is 2.04. The molecule has 2 rings (SSSR count). The number of carboxylic acids is 2. The zero-order valence-corrected chi connectivity index (χ0v) is 9.81. The molecule has 0 spiro atoms. The molecule has 0 aliphatic rings. The Bertz CT molecular complexity index is 538. The van der Waals surface area contributed by atoms with E-state index < -0.39 is 11.9 Å². The molecule has 100 valence electrons. The number of nitrogens with two attached hydrogens (primary N) is 1. The second kappa shape index (κ2) is 6.92. The molecule has 0 aliphatic carbocycles. The summed E-state index contributed by atoms with van der Waals surface area (Å²) in [5, 5.41) is 18.7. The van der Waals surface area contributed by atoms with Crippen LogP contribution < -0.4 is 5.73 Å². The summed E-state index contributed by atoms with van der Waals surface area (Å²) in [4.78, 5) is 18.2. The molecule has 2 aromatic rings. The fourth-order valence-electron chi connectivity index (χ4n) is 1.15. The third-order valence-electron chi connectivity index (χ3n) is 2.01. The summed E-state index contributed by atoms with van der Waals surface area (Å²) in [5.74, 6) is -2.94. The monoisotopic (exact) mass is 264 g/mol. The first-order valence-electron chi connectivity index (χ1n) is 5.22. The molecule has 0 amide bonds. The summed E-state index contributed by atoms with van der Waals surface area (Å²) in [6, 6.07) is 11.7. The van der Waals surface area contributed by atoms with Crippen LogP contribution in [0, 0.1) is 0 Å². The van der Waals surface area contributed by atoms with Crippen molar-refractivity contribution in [2.24, 2.45) is 5.73 Å². The second-order valence-corrected chi connectivity index (χ2v) is 3.36. The number of carboxylic acid groups (broad SMARTS) is 2. The summed E-state index contributed by atoms with van der Waals surface area (Å²) >= 11 is 0. The van der Waals surface area contributed by atoms with Gasteiger partial charge in [-0.2, -0.15) is 0 Å². The molecular formula is C12H12N2O5. The normalized spacial score (nSPS) is 9.32. The van der Waals surface area contributed by atoms with E-state index in [1.165, 1.54) is 0 Å². The number of aromatic nitrogens is 1. The van der Waals surface area contributed by atoms with Gasteiger partial charge in [0.15, 0.2) is 5.76 Å². The molecule has 4 N–H and O–H groups in total. The van der Waals surface area contributed by atoms with Crippen LogP contribution in [0.1, 0.15) is 5.76 Å². The molecule has 0 aliphatic heterocycles. The zero-order valence-electron chi connectivity index (χ0n) is 9.81. The highest BCUT2D eigenvalue weighted by Crippen LogP contribution is 2.17. The Hall–Kier alpha value is -2.67. The van der Waals surface area contributed by atoms with E-state index in [0.29, 0.717) is 12.3 Å². The van der Waals surface area contributed by atoms with Crippen LogP contribution in [-0.4, -0.2) is 27.3 Å². The SMILES string of the molecule is NCc1cc(-c2ccccc2)no1.O=C(O)C(=O)O. The van der Waals surface area contributed by atoms with Crippen LogP contribution in [0.15, 0.2) is 40.9 Å². The van der Waals surface area contributed by atoms with Crippen LogP contribution in [0.5, 0.6) is 0 Å². The average Bonchev–Trinajstić information content (AvgIpc) is 2.89. The van der Waals surface area contributed by atoms with Gasteiger partial charge < -0.3 is 20.5 Å². The third kappa shape index (κ3) is 4.60. The lowest BCUT2D eigenvalue weighted by atomic mass is 10.1. The van der Waals surface area contributed by atoms with Crippen LogP contribution in [0.4, 0.5) is 0 Å². The average molecular weight is 264 g/mol. The van der Waals surface area contributed by atoms with Crippen molar-refractivity contribution in [2.75, 3.05) is 0 Å². The number of hydrogen-bond acceptors (Lipinski definition) is 5. The van der Waals surface area contributed by atoms with Gasteiger partial charge in [-0.1, -0.05) is 35.5 Å². The molecule has 0 radical (unpaired) electrons. The molecule has 1 aromatic carbocycles. The lowest BCUT2D eigenvalue weighted by Crippen LogP contribution is -2.09. The number of aliphatic carboxylic acids is 2. The van der Waals surface area contributed by atoms with Crippen LogP contribution in [-0.2, 0) is 16.1 Å². The third-order valence-corrected chi connectivity index (χ3v) is 2.01. The highest BCUT2D eigenvalue weighted by molar-refractivity contribution is 6.27. The topological polar surface area (TPSA) is 127 Å². The van der Waals surface area contributed by atoms with Gasteiger partial charge in [-0.15, -0.1) is 0 Å². The quantitative estimate of drug-likeness (QED) is 0.689. The van der Waals surface area contributed by atoms with Crippen molar-refractivity contribution in [3.05, 3.63) is 42.2 Å². The predicted octanol–water partition coefficient (Wildman–Crippen LogP) is 0.956. The number of rotatable bonds is 2. The summed E-state index contributed by atoms with van der Waals surface area (Å²) < 4.78 is 4.99. The molecule has 0 fully saturated rings. The van der Waals surface area contributed by atoms with Crippen molar-refractivity contribution in [1.29, 1.82) is 0 Å². The summed E-state index contributed by atoms with van der Waals surface area (Å²) in [6.07, 6.45) is 0. The number of carbonyl (C=O) groups is 2. The minimum absolute atomic E-state index is 0.389. The first-order valence-corrected chi connectivity index (χ1v) is 5.22. The van der Waals surface area contributed by atoms with Crippen molar-refractivity contribution in [1.82, 2.24) is 5.16 Å². The first-order chi connectivity index (χ1) is 9.04. The molecule has 1 aromatic heterocycles. The van der Waals surface area contributed by atoms with Crippen LogP contribution in [0.25, 0.3) is 11.3 Å². The maximum absolute atomic E-state index is 9.10. The van der Waals surface area contributed by atoms with Crippen molar-refractivity contribution < 1.29 is 24.3 Å². The zero-order chi connectivity index (χ0) is 14.3. The Balaban J connectivity index is 0.000000258. The van der Waals surface area contributed by atoms with E-state index in [4.69, 9.17) is 30.1 Å². The Morgan fingerprint density at radius 3 is 2.16 bits per heavy atom. The Labute approximate surface area is 108 Å². The van der Waals surface area contributed by atoms with Crippen molar-refractivity contribution in [2.45, 2.75) is 6.54 Å². The fourth-order valence-corrected chi connectivity index (χ4v) is 1.15. The molecule has 1 heterocycles. The minimum Gasteiger partial charge on any atom is -0.473 e. The van der Waals surface area contributed by atoms with E-state index in [9.17, 15) is 0 Å². The number of benzene rings is 1. The van der Waals surface area contributed by atoms with Gasteiger partial charge in [-0.3, -0.25) is 0 Å². The van der Waals surface area contributed by atoms with E-state index in [-0.39, 0.29) is 0 Å². The molecule has 7 nitrogen and oxygen atoms in total. The molecule has 0 saturated carbocycles. The Morgan fingerprint density at radius 2 is 1.74 bits per heavy atom. The maximum atomic E-state index is 9.10. The Morgan fingerprint density at radius 1 is 1.16 bits per heavy atom.